The van der Waals surface area contributed by atoms with Gasteiger partial charge in [-0.1, -0.05) is 72.2 Å². The van der Waals surface area contributed by atoms with E-state index in [-0.39, 0.29) is 17.7 Å². The number of hydrogen-bond acceptors (Lipinski definition) is 6. The van der Waals surface area contributed by atoms with Crippen molar-refractivity contribution in [1.29, 1.82) is 0 Å². The zero-order valence-electron chi connectivity index (χ0n) is 25.6. The molecule has 2 N–H and O–H groups in total. The Balaban J connectivity index is 1.11. The SMILES string of the molecule is CCCN1C(=O)[C@H](CCCCNC(=O)c2c(-c3ccccc3Cl)noc2C)NC(=O)C12CCN(CCc1ccccc1)CC2. The number of aromatic nitrogens is 1. The van der Waals surface area contributed by atoms with Gasteiger partial charge < -0.3 is 25.0 Å². The largest absolute Gasteiger partial charge is 0.360 e. The number of likely N-dealkylation sites (tertiary alicyclic amines) is 1. The third kappa shape index (κ3) is 6.84. The smallest absolute Gasteiger partial charge is 0.257 e. The van der Waals surface area contributed by atoms with E-state index in [1.807, 2.05) is 23.1 Å². The highest BCUT2D eigenvalue weighted by atomic mass is 35.5. The van der Waals surface area contributed by atoms with Gasteiger partial charge in [0.15, 0.2) is 0 Å². The van der Waals surface area contributed by atoms with E-state index < -0.39 is 11.6 Å². The van der Waals surface area contributed by atoms with Gasteiger partial charge in [0.05, 0.1) is 5.02 Å². The number of halogens is 1. The van der Waals surface area contributed by atoms with Gasteiger partial charge in [0.1, 0.15) is 28.6 Å². The molecule has 1 atom stereocenters. The molecule has 9 nitrogen and oxygen atoms in total. The van der Waals surface area contributed by atoms with Gasteiger partial charge >= 0.3 is 0 Å². The molecule has 3 aromatic rings. The number of amides is 3. The summed E-state index contributed by atoms with van der Waals surface area (Å²) in [4.78, 5) is 44.6. The van der Waals surface area contributed by atoms with E-state index in [4.69, 9.17) is 16.1 Å². The van der Waals surface area contributed by atoms with Crippen molar-refractivity contribution in [2.75, 3.05) is 32.7 Å². The second-order valence-electron chi connectivity index (χ2n) is 11.8. The molecule has 234 valence electrons. The van der Waals surface area contributed by atoms with E-state index >= 15 is 0 Å². The first-order valence-corrected chi connectivity index (χ1v) is 16.1. The lowest BCUT2D eigenvalue weighted by Gasteiger charge is -2.51. The first kappa shape index (κ1) is 31.7. The van der Waals surface area contributed by atoms with Crippen LogP contribution in [-0.4, -0.2) is 77.0 Å². The molecule has 3 heterocycles. The highest BCUT2D eigenvalue weighted by Gasteiger charge is 2.53. The Morgan fingerprint density at radius 2 is 1.80 bits per heavy atom. The zero-order chi connectivity index (χ0) is 31.1. The molecule has 0 bridgehead atoms. The molecule has 2 aliphatic rings. The summed E-state index contributed by atoms with van der Waals surface area (Å²) in [6, 6.07) is 17.1. The maximum absolute atomic E-state index is 13.7. The Morgan fingerprint density at radius 3 is 2.52 bits per heavy atom. The van der Waals surface area contributed by atoms with Crippen LogP contribution in [0.15, 0.2) is 59.1 Å². The summed E-state index contributed by atoms with van der Waals surface area (Å²) in [7, 11) is 0. The Labute approximate surface area is 264 Å². The van der Waals surface area contributed by atoms with Gasteiger partial charge in [0, 0.05) is 38.3 Å². The standard InChI is InChI=1S/C34H42ClN5O4/c1-3-20-40-32(42)28(37-33(43)34(40)17-22-39(23-18-34)21-16-25-11-5-4-6-12-25)15-9-10-19-36-31(41)29-24(2)44-38-30(29)26-13-7-8-14-27(26)35/h4-8,11-14,28H,3,9-10,15-23H2,1-2H3,(H,36,41)(H,37,43)/t28-/m0/s1. The molecule has 3 amide bonds. The van der Waals surface area contributed by atoms with Crippen molar-refractivity contribution in [1.82, 2.24) is 25.6 Å². The van der Waals surface area contributed by atoms with Crippen LogP contribution in [0.1, 0.15) is 67.1 Å². The van der Waals surface area contributed by atoms with Crippen LogP contribution in [-0.2, 0) is 16.0 Å². The quantitative estimate of drug-likeness (QED) is 0.276. The highest BCUT2D eigenvalue weighted by Crippen LogP contribution is 2.34. The molecule has 1 aromatic heterocycles. The molecular formula is C34H42ClN5O4. The molecule has 10 heteroatoms. The molecule has 44 heavy (non-hydrogen) atoms. The van der Waals surface area contributed by atoms with E-state index in [9.17, 15) is 14.4 Å². The molecule has 1 spiro atoms. The Kier molecular flexibility index (Phi) is 10.4. The van der Waals surface area contributed by atoms with E-state index in [2.05, 4.69) is 51.9 Å². The minimum Gasteiger partial charge on any atom is -0.360 e. The van der Waals surface area contributed by atoms with Gasteiger partial charge in [-0.05, 0) is 63.5 Å². The summed E-state index contributed by atoms with van der Waals surface area (Å²) < 4.78 is 5.31. The van der Waals surface area contributed by atoms with E-state index in [1.165, 1.54) is 5.56 Å². The molecule has 2 fully saturated rings. The molecule has 2 saturated heterocycles. The minimum atomic E-state index is -0.767. The number of hydrogen-bond donors (Lipinski definition) is 2. The second-order valence-corrected chi connectivity index (χ2v) is 12.2. The molecule has 0 unspecified atom stereocenters. The van der Waals surface area contributed by atoms with E-state index in [1.54, 1.807) is 19.1 Å². The van der Waals surface area contributed by atoms with Gasteiger partial charge in [-0.3, -0.25) is 14.4 Å². The van der Waals surface area contributed by atoms with Crippen molar-refractivity contribution in [3.05, 3.63) is 76.5 Å². The van der Waals surface area contributed by atoms with Gasteiger partial charge in [0.25, 0.3) is 5.91 Å². The molecule has 5 rings (SSSR count). The molecular weight excluding hydrogens is 578 g/mol. The number of piperidine rings is 1. The van der Waals surface area contributed by atoms with Crippen LogP contribution in [0.3, 0.4) is 0 Å². The predicted octanol–water partition coefficient (Wildman–Crippen LogP) is 5.02. The topological polar surface area (TPSA) is 108 Å². The van der Waals surface area contributed by atoms with Crippen LogP contribution in [0.25, 0.3) is 11.3 Å². The van der Waals surface area contributed by atoms with Crippen LogP contribution in [0.2, 0.25) is 5.02 Å². The highest BCUT2D eigenvalue weighted by molar-refractivity contribution is 6.33. The Morgan fingerprint density at radius 1 is 1.07 bits per heavy atom. The normalized spacial score (nSPS) is 18.4. The third-order valence-electron chi connectivity index (χ3n) is 8.92. The molecule has 0 aliphatic carbocycles. The van der Waals surface area contributed by atoms with Crippen LogP contribution < -0.4 is 10.6 Å². The zero-order valence-corrected chi connectivity index (χ0v) is 26.4. The second kappa shape index (κ2) is 14.4. The first-order valence-electron chi connectivity index (χ1n) is 15.7. The first-order chi connectivity index (χ1) is 21.3. The number of nitrogens with zero attached hydrogens (tertiary/aromatic N) is 3. The van der Waals surface area contributed by atoms with Gasteiger partial charge in [-0.25, -0.2) is 0 Å². The fraction of sp³-hybridized carbons (Fsp3) is 0.471. The van der Waals surface area contributed by atoms with Crippen molar-refractivity contribution in [2.24, 2.45) is 0 Å². The number of piperazine rings is 1. The lowest BCUT2D eigenvalue weighted by Crippen LogP contribution is -2.72. The lowest BCUT2D eigenvalue weighted by atomic mass is 9.81. The van der Waals surface area contributed by atoms with Crippen molar-refractivity contribution < 1.29 is 18.9 Å². The number of rotatable bonds is 12. The Hall–Kier alpha value is -3.69. The summed E-state index contributed by atoms with van der Waals surface area (Å²) in [5.41, 5.74) is 1.95. The van der Waals surface area contributed by atoms with Gasteiger partial charge in [0.2, 0.25) is 11.8 Å². The van der Waals surface area contributed by atoms with Crippen molar-refractivity contribution in [3.63, 3.8) is 0 Å². The summed E-state index contributed by atoms with van der Waals surface area (Å²) in [5.74, 6) is 0.117. The van der Waals surface area contributed by atoms with Crippen LogP contribution >= 0.6 is 11.6 Å². The Bertz CT molecular complexity index is 1450. The average molecular weight is 620 g/mol. The van der Waals surface area contributed by atoms with Crippen LogP contribution in [0.4, 0.5) is 0 Å². The summed E-state index contributed by atoms with van der Waals surface area (Å²) in [6.07, 6.45) is 4.94. The summed E-state index contributed by atoms with van der Waals surface area (Å²) >= 11 is 6.33. The number of aryl methyl sites for hydroxylation is 1. The van der Waals surface area contributed by atoms with Gasteiger partial charge in [-0.2, -0.15) is 0 Å². The average Bonchev–Trinajstić information content (AvgIpc) is 3.42. The fourth-order valence-electron chi connectivity index (χ4n) is 6.44. The summed E-state index contributed by atoms with van der Waals surface area (Å²) in [6.45, 7) is 7.28. The maximum Gasteiger partial charge on any atom is 0.257 e. The number of nitrogens with one attached hydrogen (secondary N) is 2. The minimum absolute atomic E-state index is 0.0118. The molecule has 0 radical (unpaired) electrons. The number of unbranched alkanes of at least 4 members (excludes halogenated alkanes) is 1. The molecule has 2 aliphatic heterocycles. The third-order valence-corrected chi connectivity index (χ3v) is 9.25. The summed E-state index contributed by atoms with van der Waals surface area (Å²) in [5, 5.41) is 10.6. The van der Waals surface area contributed by atoms with E-state index in [0.717, 1.165) is 32.5 Å². The maximum atomic E-state index is 13.7. The fourth-order valence-corrected chi connectivity index (χ4v) is 6.66. The molecule has 0 saturated carbocycles. The van der Waals surface area contributed by atoms with Crippen molar-refractivity contribution >= 4 is 29.3 Å². The lowest BCUT2D eigenvalue weighted by molar-refractivity contribution is -0.161. The van der Waals surface area contributed by atoms with Crippen molar-refractivity contribution in [2.45, 2.75) is 70.4 Å². The monoisotopic (exact) mass is 619 g/mol. The molecule has 2 aromatic carbocycles. The number of benzene rings is 2. The van der Waals surface area contributed by atoms with Crippen molar-refractivity contribution in [3.8, 4) is 11.3 Å². The number of carbonyl (C=O) groups is 3. The van der Waals surface area contributed by atoms with E-state index in [0.29, 0.717) is 72.8 Å². The van der Waals surface area contributed by atoms with Gasteiger partial charge in [-0.15, -0.1) is 0 Å². The van der Waals surface area contributed by atoms with Crippen LogP contribution in [0.5, 0.6) is 0 Å². The van der Waals surface area contributed by atoms with Crippen LogP contribution in [0, 0.1) is 6.92 Å². The number of carbonyl (C=O) groups excluding carboxylic acids is 3. The predicted molar refractivity (Wildman–Crippen MR) is 170 cm³/mol.